The summed E-state index contributed by atoms with van der Waals surface area (Å²) in [5, 5.41) is 9.60. The average Bonchev–Trinajstić information content (AvgIpc) is 1.93. The molecule has 0 amide bonds. The van der Waals surface area contributed by atoms with E-state index in [1.165, 1.54) is 0 Å². The maximum atomic E-state index is 12.9. The van der Waals surface area contributed by atoms with Crippen molar-refractivity contribution in [3.63, 3.8) is 0 Å². The molecule has 1 fully saturated rings. The third-order valence-electron chi connectivity index (χ3n) is 2.70. The normalized spacial score (nSPS) is 38.2. The van der Waals surface area contributed by atoms with Crippen LogP contribution in [-0.4, -0.2) is 22.7 Å². The van der Waals surface area contributed by atoms with Gasteiger partial charge in [0.25, 0.3) is 5.92 Å². The third-order valence-corrected chi connectivity index (χ3v) is 2.70. The van der Waals surface area contributed by atoms with Crippen LogP contribution in [0.1, 0.15) is 32.6 Å². The van der Waals surface area contributed by atoms with Gasteiger partial charge in [-0.25, -0.2) is 8.78 Å². The number of halogens is 2. The lowest BCUT2D eigenvalue weighted by molar-refractivity contribution is -0.192. The first-order valence-electron chi connectivity index (χ1n) is 4.24. The molecule has 4 heteroatoms. The molecular formula is C8H15F2NO. The number of hydrogen-bond acceptors (Lipinski definition) is 2. The van der Waals surface area contributed by atoms with Gasteiger partial charge in [-0.15, -0.1) is 0 Å². The van der Waals surface area contributed by atoms with E-state index >= 15 is 0 Å². The van der Waals surface area contributed by atoms with Crippen LogP contribution in [0.4, 0.5) is 8.78 Å². The van der Waals surface area contributed by atoms with Crippen molar-refractivity contribution in [1.29, 1.82) is 0 Å². The Bertz CT molecular complexity index is 169. The quantitative estimate of drug-likeness (QED) is 0.636. The van der Waals surface area contributed by atoms with Crippen molar-refractivity contribution in [2.75, 3.05) is 0 Å². The van der Waals surface area contributed by atoms with Gasteiger partial charge < -0.3 is 10.8 Å². The van der Waals surface area contributed by atoms with Crippen LogP contribution in [0.5, 0.6) is 0 Å². The topological polar surface area (TPSA) is 46.2 Å². The van der Waals surface area contributed by atoms with Gasteiger partial charge in [0, 0.05) is 13.0 Å². The van der Waals surface area contributed by atoms with Crippen molar-refractivity contribution in [2.24, 2.45) is 5.73 Å². The molecule has 72 valence electrons. The minimum absolute atomic E-state index is 0.109. The molecule has 3 N–H and O–H groups in total. The Labute approximate surface area is 70.8 Å². The Kier molecular flexibility index (Phi) is 2.40. The van der Waals surface area contributed by atoms with Gasteiger partial charge in [-0.05, 0) is 12.8 Å². The van der Waals surface area contributed by atoms with E-state index in [-0.39, 0.29) is 6.42 Å². The van der Waals surface area contributed by atoms with Crippen LogP contribution in [0.15, 0.2) is 0 Å². The maximum Gasteiger partial charge on any atom is 0.274 e. The lowest BCUT2D eigenvalue weighted by Gasteiger charge is -2.41. The van der Waals surface area contributed by atoms with Crippen molar-refractivity contribution in [2.45, 2.75) is 50.2 Å². The zero-order valence-corrected chi connectivity index (χ0v) is 7.19. The third kappa shape index (κ3) is 1.45. The van der Waals surface area contributed by atoms with Crippen LogP contribution in [0.2, 0.25) is 0 Å². The molecule has 1 rings (SSSR count). The van der Waals surface area contributed by atoms with E-state index in [1.54, 1.807) is 0 Å². The highest BCUT2D eigenvalue weighted by molar-refractivity contribution is 5.00. The van der Waals surface area contributed by atoms with E-state index < -0.39 is 17.6 Å². The standard InChI is InChI=1S/C8H15F2NO/c1-7(9,10)8(12)5-3-2-4-6(8)11/h6,12H,2-5,11H2,1H3. The van der Waals surface area contributed by atoms with Crippen molar-refractivity contribution in [3.8, 4) is 0 Å². The molecule has 2 nitrogen and oxygen atoms in total. The summed E-state index contributed by atoms with van der Waals surface area (Å²) in [7, 11) is 0. The predicted molar refractivity (Wildman–Crippen MR) is 42.0 cm³/mol. The molecule has 0 bridgehead atoms. The maximum absolute atomic E-state index is 12.9. The second-order valence-corrected chi connectivity index (χ2v) is 3.66. The van der Waals surface area contributed by atoms with Gasteiger partial charge in [0.2, 0.25) is 0 Å². The summed E-state index contributed by atoms with van der Waals surface area (Å²) in [4.78, 5) is 0. The Morgan fingerprint density at radius 2 is 2.08 bits per heavy atom. The van der Waals surface area contributed by atoms with E-state index in [4.69, 9.17) is 5.73 Å². The van der Waals surface area contributed by atoms with Gasteiger partial charge in [-0.1, -0.05) is 12.8 Å². The zero-order chi connectivity index (χ0) is 9.41. The van der Waals surface area contributed by atoms with Gasteiger partial charge in [-0.3, -0.25) is 0 Å². The molecule has 0 aromatic carbocycles. The molecule has 0 heterocycles. The molecule has 12 heavy (non-hydrogen) atoms. The fourth-order valence-electron chi connectivity index (χ4n) is 1.73. The van der Waals surface area contributed by atoms with Crippen LogP contribution in [0.25, 0.3) is 0 Å². The fourth-order valence-corrected chi connectivity index (χ4v) is 1.73. The first kappa shape index (κ1) is 9.86. The number of alkyl halides is 2. The molecule has 1 aliphatic rings. The number of nitrogens with two attached hydrogens (primary N) is 1. The Morgan fingerprint density at radius 1 is 1.50 bits per heavy atom. The van der Waals surface area contributed by atoms with Crippen LogP contribution in [-0.2, 0) is 0 Å². The second-order valence-electron chi connectivity index (χ2n) is 3.66. The minimum Gasteiger partial charge on any atom is -0.382 e. The SMILES string of the molecule is CC(F)(F)C1(O)CCCCC1N. The van der Waals surface area contributed by atoms with Gasteiger partial charge in [0.05, 0.1) is 0 Å². The number of hydrogen-bond donors (Lipinski definition) is 2. The molecule has 0 aromatic heterocycles. The molecule has 0 saturated heterocycles. The van der Waals surface area contributed by atoms with Crippen molar-refractivity contribution < 1.29 is 13.9 Å². The van der Waals surface area contributed by atoms with Gasteiger partial charge in [-0.2, -0.15) is 0 Å². The van der Waals surface area contributed by atoms with Crippen molar-refractivity contribution in [3.05, 3.63) is 0 Å². The Hall–Kier alpha value is -0.220. The van der Waals surface area contributed by atoms with E-state index in [0.29, 0.717) is 12.8 Å². The molecule has 2 atom stereocenters. The van der Waals surface area contributed by atoms with Crippen molar-refractivity contribution >= 4 is 0 Å². The summed E-state index contributed by atoms with van der Waals surface area (Å²) >= 11 is 0. The largest absolute Gasteiger partial charge is 0.382 e. The minimum atomic E-state index is -3.09. The smallest absolute Gasteiger partial charge is 0.274 e. The Balaban J connectivity index is 2.79. The predicted octanol–water partition coefficient (Wildman–Crippen LogP) is 1.27. The lowest BCUT2D eigenvalue weighted by Crippen LogP contribution is -2.60. The van der Waals surface area contributed by atoms with Crippen LogP contribution in [0.3, 0.4) is 0 Å². The highest BCUT2D eigenvalue weighted by atomic mass is 19.3. The molecule has 0 radical (unpaired) electrons. The van der Waals surface area contributed by atoms with E-state index in [1.807, 2.05) is 0 Å². The first-order valence-corrected chi connectivity index (χ1v) is 4.24. The van der Waals surface area contributed by atoms with Gasteiger partial charge >= 0.3 is 0 Å². The van der Waals surface area contributed by atoms with Gasteiger partial charge in [0.15, 0.2) is 0 Å². The molecule has 2 unspecified atom stereocenters. The summed E-state index contributed by atoms with van der Waals surface area (Å²) in [6.45, 7) is 0.734. The molecule has 1 saturated carbocycles. The highest BCUT2D eigenvalue weighted by Crippen LogP contribution is 2.39. The van der Waals surface area contributed by atoms with Crippen LogP contribution in [0, 0.1) is 0 Å². The molecule has 0 aliphatic heterocycles. The first-order chi connectivity index (χ1) is 5.38. The summed E-state index contributed by atoms with van der Waals surface area (Å²) in [5.74, 6) is -3.09. The van der Waals surface area contributed by atoms with Gasteiger partial charge in [0.1, 0.15) is 5.60 Å². The second kappa shape index (κ2) is 2.92. The van der Waals surface area contributed by atoms with E-state index in [2.05, 4.69) is 0 Å². The molecular weight excluding hydrogens is 164 g/mol. The number of rotatable bonds is 1. The van der Waals surface area contributed by atoms with Crippen LogP contribution < -0.4 is 5.73 Å². The van der Waals surface area contributed by atoms with E-state index in [9.17, 15) is 13.9 Å². The highest BCUT2D eigenvalue weighted by Gasteiger charge is 2.53. The Morgan fingerprint density at radius 3 is 2.42 bits per heavy atom. The summed E-state index contributed by atoms with van der Waals surface area (Å²) in [6.07, 6.45) is 2.06. The molecule has 0 spiro atoms. The van der Waals surface area contributed by atoms with Crippen LogP contribution >= 0.6 is 0 Å². The monoisotopic (exact) mass is 179 g/mol. The number of aliphatic hydroxyl groups is 1. The summed E-state index contributed by atoms with van der Waals surface area (Å²) in [5.41, 5.74) is 3.49. The lowest BCUT2D eigenvalue weighted by atomic mass is 9.77. The average molecular weight is 179 g/mol. The summed E-state index contributed by atoms with van der Waals surface area (Å²) in [6, 6.07) is -0.786. The zero-order valence-electron chi connectivity index (χ0n) is 7.19. The molecule has 0 aromatic rings. The fraction of sp³-hybridized carbons (Fsp3) is 1.00. The molecule has 1 aliphatic carbocycles. The van der Waals surface area contributed by atoms with E-state index in [0.717, 1.165) is 13.3 Å². The van der Waals surface area contributed by atoms with Crippen molar-refractivity contribution in [1.82, 2.24) is 0 Å². The summed E-state index contributed by atoms with van der Waals surface area (Å²) < 4.78 is 25.8.